The second-order valence-corrected chi connectivity index (χ2v) is 6.41. The van der Waals surface area contributed by atoms with Crippen molar-refractivity contribution >= 4 is 33.4 Å². The number of nitrogens with one attached hydrogen (secondary N) is 1. The Balaban J connectivity index is 2.15. The molecule has 3 rings (SSSR count). The second-order valence-electron chi connectivity index (χ2n) is 6.41. The van der Waals surface area contributed by atoms with E-state index in [9.17, 15) is 9.59 Å². The Morgan fingerprint density at radius 2 is 1.44 bits per heavy atom. The summed E-state index contributed by atoms with van der Waals surface area (Å²) < 4.78 is 4.83. The number of hydrogen-bond donors (Lipinski definition) is 1. The number of rotatable bonds is 4. The monoisotopic (exact) mass is 335 g/mol. The lowest BCUT2D eigenvalue weighted by molar-refractivity contribution is -0.144. The molecule has 1 N–H and O–H groups in total. The van der Waals surface area contributed by atoms with Crippen molar-refractivity contribution in [2.45, 2.75) is 19.9 Å². The molecular formula is C21H21NO3. The number of benzene rings is 3. The molecule has 3 aromatic carbocycles. The van der Waals surface area contributed by atoms with E-state index in [1.807, 2.05) is 62.4 Å². The van der Waals surface area contributed by atoms with Crippen LogP contribution in [0.3, 0.4) is 0 Å². The van der Waals surface area contributed by atoms with E-state index in [1.165, 1.54) is 7.11 Å². The number of ether oxygens (including phenoxy) is 1. The zero-order valence-electron chi connectivity index (χ0n) is 14.6. The molecule has 0 heterocycles. The predicted octanol–water partition coefficient (Wildman–Crippen LogP) is 3.92. The van der Waals surface area contributed by atoms with Crippen LogP contribution in [0.1, 0.15) is 24.2 Å². The third kappa shape index (κ3) is 3.20. The van der Waals surface area contributed by atoms with Crippen molar-refractivity contribution in [1.82, 2.24) is 5.32 Å². The molecule has 0 aliphatic heterocycles. The van der Waals surface area contributed by atoms with E-state index in [2.05, 4.69) is 11.4 Å². The zero-order valence-corrected chi connectivity index (χ0v) is 14.6. The van der Waals surface area contributed by atoms with Crippen molar-refractivity contribution in [1.29, 1.82) is 0 Å². The van der Waals surface area contributed by atoms with E-state index in [1.54, 1.807) is 0 Å². The van der Waals surface area contributed by atoms with Gasteiger partial charge in [-0.3, -0.25) is 4.79 Å². The molecule has 0 aromatic heterocycles. The maximum Gasteiger partial charge on any atom is 0.328 e. The number of amides is 1. The molecule has 3 aromatic rings. The summed E-state index contributed by atoms with van der Waals surface area (Å²) in [4.78, 5) is 25.1. The van der Waals surface area contributed by atoms with E-state index in [0.717, 1.165) is 21.5 Å². The SMILES string of the molecule is COC(=O)[C@@H](NC(=O)c1c2ccccc2cc2ccccc12)C(C)C. The quantitative estimate of drug-likeness (QED) is 0.581. The highest BCUT2D eigenvalue weighted by Gasteiger charge is 2.26. The van der Waals surface area contributed by atoms with Crippen LogP contribution in [0.2, 0.25) is 0 Å². The summed E-state index contributed by atoms with van der Waals surface area (Å²) in [5.41, 5.74) is 0.586. The minimum Gasteiger partial charge on any atom is -0.467 e. The van der Waals surface area contributed by atoms with Crippen molar-refractivity contribution in [3.05, 3.63) is 60.2 Å². The Morgan fingerprint density at radius 1 is 0.920 bits per heavy atom. The molecule has 1 amide bonds. The highest BCUT2D eigenvalue weighted by atomic mass is 16.5. The van der Waals surface area contributed by atoms with Crippen molar-refractivity contribution in [3.63, 3.8) is 0 Å². The van der Waals surface area contributed by atoms with Crippen LogP contribution in [-0.2, 0) is 9.53 Å². The lowest BCUT2D eigenvalue weighted by atomic mass is 9.95. The maximum atomic E-state index is 13.1. The van der Waals surface area contributed by atoms with Gasteiger partial charge in [-0.1, -0.05) is 62.4 Å². The number of carbonyl (C=O) groups is 2. The molecule has 0 radical (unpaired) electrons. The summed E-state index contributed by atoms with van der Waals surface area (Å²) in [6, 6.07) is 16.9. The molecular weight excluding hydrogens is 314 g/mol. The maximum absolute atomic E-state index is 13.1. The molecule has 4 heteroatoms. The van der Waals surface area contributed by atoms with E-state index >= 15 is 0 Å². The first-order valence-corrected chi connectivity index (χ1v) is 8.32. The van der Waals surface area contributed by atoms with Crippen LogP contribution in [0.15, 0.2) is 54.6 Å². The highest BCUT2D eigenvalue weighted by Crippen LogP contribution is 2.28. The van der Waals surface area contributed by atoms with Gasteiger partial charge in [-0.25, -0.2) is 4.79 Å². The summed E-state index contributed by atoms with van der Waals surface area (Å²) in [5, 5.41) is 6.57. The Bertz CT molecular complexity index is 892. The van der Waals surface area contributed by atoms with Crippen LogP contribution in [0.25, 0.3) is 21.5 Å². The average molecular weight is 335 g/mol. The molecule has 128 valence electrons. The van der Waals surface area contributed by atoms with E-state index in [-0.39, 0.29) is 11.8 Å². The Labute approximate surface area is 146 Å². The van der Waals surface area contributed by atoms with Crippen LogP contribution in [0.5, 0.6) is 0 Å². The number of fused-ring (bicyclic) bond motifs is 2. The van der Waals surface area contributed by atoms with Gasteiger partial charge in [0.15, 0.2) is 0 Å². The molecule has 0 saturated heterocycles. The van der Waals surface area contributed by atoms with Crippen molar-refractivity contribution in [3.8, 4) is 0 Å². The predicted molar refractivity (Wildman–Crippen MR) is 99.6 cm³/mol. The van der Waals surface area contributed by atoms with Crippen molar-refractivity contribution < 1.29 is 14.3 Å². The van der Waals surface area contributed by atoms with Gasteiger partial charge in [-0.2, -0.15) is 0 Å². The second kappa shape index (κ2) is 6.93. The fourth-order valence-corrected chi connectivity index (χ4v) is 3.10. The molecule has 25 heavy (non-hydrogen) atoms. The Hall–Kier alpha value is -2.88. The summed E-state index contributed by atoms with van der Waals surface area (Å²) in [6.07, 6.45) is 0. The Morgan fingerprint density at radius 3 is 1.92 bits per heavy atom. The minimum absolute atomic E-state index is 0.0716. The van der Waals surface area contributed by atoms with Gasteiger partial charge in [-0.05, 0) is 33.5 Å². The summed E-state index contributed by atoms with van der Waals surface area (Å²) in [6.45, 7) is 3.76. The van der Waals surface area contributed by atoms with E-state index in [4.69, 9.17) is 4.74 Å². The molecule has 4 nitrogen and oxygen atoms in total. The normalized spacial score (nSPS) is 12.3. The van der Waals surface area contributed by atoms with E-state index in [0.29, 0.717) is 5.56 Å². The number of carbonyl (C=O) groups excluding carboxylic acids is 2. The van der Waals surface area contributed by atoms with Gasteiger partial charge >= 0.3 is 5.97 Å². The number of hydrogen-bond acceptors (Lipinski definition) is 3. The fraction of sp³-hybridized carbons (Fsp3) is 0.238. The molecule has 0 bridgehead atoms. The zero-order chi connectivity index (χ0) is 18.0. The first kappa shape index (κ1) is 17.0. The standard InChI is InChI=1S/C21H21NO3/c1-13(2)19(21(24)25-3)22-20(23)18-16-10-6-4-8-14(16)12-15-9-5-7-11-17(15)18/h4-13,19H,1-3H3,(H,22,23)/t19-/m0/s1. The molecule has 0 spiro atoms. The largest absolute Gasteiger partial charge is 0.467 e. The lowest BCUT2D eigenvalue weighted by Crippen LogP contribution is -2.45. The van der Waals surface area contributed by atoms with Gasteiger partial charge in [0.1, 0.15) is 6.04 Å². The van der Waals surface area contributed by atoms with Crippen LogP contribution in [0.4, 0.5) is 0 Å². The van der Waals surface area contributed by atoms with Gasteiger partial charge in [0, 0.05) is 0 Å². The minimum atomic E-state index is -0.685. The molecule has 0 aliphatic rings. The van der Waals surface area contributed by atoms with Gasteiger partial charge in [0.05, 0.1) is 12.7 Å². The smallest absolute Gasteiger partial charge is 0.328 e. The first-order valence-electron chi connectivity index (χ1n) is 8.32. The molecule has 0 saturated carbocycles. The van der Waals surface area contributed by atoms with Crippen molar-refractivity contribution in [2.24, 2.45) is 5.92 Å². The summed E-state index contributed by atoms with van der Waals surface area (Å²) in [7, 11) is 1.33. The third-order valence-electron chi connectivity index (χ3n) is 4.41. The number of methoxy groups -OCH3 is 1. The molecule has 0 fully saturated rings. The summed E-state index contributed by atoms with van der Waals surface area (Å²) >= 11 is 0. The van der Waals surface area contributed by atoms with Gasteiger partial charge < -0.3 is 10.1 Å². The molecule has 1 atom stereocenters. The molecule has 0 aliphatic carbocycles. The molecule has 0 unspecified atom stereocenters. The van der Waals surface area contributed by atoms with Gasteiger partial charge in [0.2, 0.25) is 0 Å². The first-order chi connectivity index (χ1) is 12.0. The van der Waals surface area contributed by atoms with E-state index < -0.39 is 12.0 Å². The van der Waals surface area contributed by atoms with Crippen molar-refractivity contribution in [2.75, 3.05) is 7.11 Å². The van der Waals surface area contributed by atoms with Crippen LogP contribution >= 0.6 is 0 Å². The van der Waals surface area contributed by atoms with Gasteiger partial charge in [-0.15, -0.1) is 0 Å². The van der Waals surface area contributed by atoms with Crippen LogP contribution in [0, 0.1) is 5.92 Å². The summed E-state index contributed by atoms with van der Waals surface area (Å²) in [5.74, 6) is -0.775. The number of esters is 1. The van der Waals surface area contributed by atoms with Crippen LogP contribution < -0.4 is 5.32 Å². The van der Waals surface area contributed by atoms with Crippen LogP contribution in [-0.4, -0.2) is 25.0 Å². The average Bonchev–Trinajstić information content (AvgIpc) is 2.62. The Kier molecular flexibility index (Phi) is 4.70. The third-order valence-corrected chi connectivity index (χ3v) is 4.41. The highest BCUT2D eigenvalue weighted by molar-refractivity contribution is 6.18. The fourth-order valence-electron chi connectivity index (χ4n) is 3.10. The topological polar surface area (TPSA) is 55.4 Å². The van der Waals surface area contributed by atoms with Gasteiger partial charge in [0.25, 0.3) is 5.91 Å². The lowest BCUT2D eigenvalue weighted by Gasteiger charge is -2.21.